The van der Waals surface area contributed by atoms with Gasteiger partial charge in [0.15, 0.2) is 11.0 Å². The lowest BCUT2D eigenvalue weighted by molar-refractivity contribution is -0.113. The summed E-state index contributed by atoms with van der Waals surface area (Å²) in [6.45, 7) is 10.2. The van der Waals surface area contributed by atoms with Gasteiger partial charge in [-0.05, 0) is 48.7 Å². The van der Waals surface area contributed by atoms with Gasteiger partial charge >= 0.3 is 0 Å². The summed E-state index contributed by atoms with van der Waals surface area (Å²) in [5.41, 5.74) is 2.15. The van der Waals surface area contributed by atoms with Gasteiger partial charge in [0, 0.05) is 16.7 Å². The minimum Gasteiger partial charge on any atom is -0.342 e. The third-order valence-electron chi connectivity index (χ3n) is 5.18. The lowest BCUT2D eigenvalue weighted by Crippen LogP contribution is -2.34. The van der Waals surface area contributed by atoms with Crippen LogP contribution in [-0.4, -0.2) is 32.3 Å². The first-order valence-corrected chi connectivity index (χ1v) is 13.1. The largest absolute Gasteiger partial charge is 0.342 e. The second-order valence-electron chi connectivity index (χ2n) is 8.22. The average molecular weight is 577 g/mol. The number of rotatable bonds is 10. The molecule has 10 heteroatoms. The number of anilines is 1. The van der Waals surface area contributed by atoms with Crippen molar-refractivity contribution in [1.29, 1.82) is 0 Å². The fraction of sp³-hybridized carbons (Fsp3) is 0.280. The molecular weight excluding hydrogens is 550 g/mol. The molecule has 0 spiro atoms. The molecule has 0 bridgehead atoms. The van der Waals surface area contributed by atoms with Crippen molar-refractivity contribution < 1.29 is 9.59 Å². The molecule has 1 aromatic heterocycles. The maximum Gasteiger partial charge on any atom is 0.253 e. The van der Waals surface area contributed by atoms with Gasteiger partial charge in [0.25, 0.3) is 5.91 Å². The van der Waals surface area contributed by atoms with Crippen molar-refractivity contribution in [2.45, 2.75) is 38.5 Å². The maximum absolute atomic E-state index is 12.9. The van der Waals surface area contributed by atoms with Crippen molar-refractivity contribution in [2.24, 2.45) is 5.92 Å². The van der Waals surface area contributed by atoms with Gasteiger partial charge in [-0.2, -0.15) is 0 Å². The van der Waals surface area contributed by atoms with Gasteiger partial charge in [-0.1, -0.05) is 71.3 Å². The fourth-order valence-corrected chi connectivity index (χ4v) is 4.60. The molecule has 0 fully saturated rings. The highest BCUT2D eigenvalue weighted by molar-refractivity contribution is 9.10. The standard InChI is InChI=1S/C25H27BrClN5O2S/c1-5-12-32-23(22(15(2)3)29-24(34)18-8-6-7-9-20(18)27)30-31-25(32)35-14-21(33)28-17-10-11-19(26)16(4)13-17/h5-11,13,15,22H,1,12,14H2,2-4H3,(H,28,33)(H,29,34)/t22-/m0/s1. The molecule has 0 aliphatic heterocycles. The van der Waals surface area contributed by atoms with Crippen LogP contribution in [0.25, 0.3) is 0 Å². The number of nitrogens with one attached hydrogen (secondary N) is 2. The molecule has 1 heterocycles. The van der Waals surface area contributed by atoms with Crippen molar-refractivity contribution in [3.8, 4) is 0 Å². The first-order chi connectivity index (χ1) is 16.7. The number of halogens is 2. The molecule has 0 unspecified atom stereocenters. The molecule has 7 nitrogen and oxygen atoms in total. The lowest BCUT2D eigenvalue weighted by Gasteiger charge is -2.23. The Kier molecular flexibility index (Phi) is 9.54. The number of allylic oxidation sites excluding steroid dienone is 1. The van der Waals surface area contributed by atoms with Crippen LogP contribution in [0.4, 0.5) is 5.69 Å². The molecule has 3 rings (SSSR count). The molecule has 3 aromatic rings. The molecule has 0 saturated carbocycles. The molecule has 2 aromatic carbocycles. The predicted octanol–water partition coefficient (Wildman–Crippen LogP) is 6.05. The van der Waals surface area contributed by atoms with E-state index < -0.39 is 6.04 Å². The summed E-state index contributed by atoms with van der Waals surface area (Å²) >= 11 is 10.9. The van der Waals surface area contributed by atoms with Crippen LogP contribution in [0.2, 0.25) is 5.02 Å². The number of thioether (sulfide) groups is 1. The van der Waals surface area contributed by atoms with E-state index in [1.54, 1.807) is 30.3 Å². The summed E-state index contributed by atoms with van der Waals surface area (Å²) in [6.07, 6.45) is 1.73. The normalized spacial score (nSPS) is 11.8. The van der Waals surface area contributed by atoms with E-state index in [2.05, 4.69) is 43.3 Å². The van der Waals surface area contributed by atoms with Crippen molar-refractivity contribution >= 4 is 56.8 Å². The number of aryl methyl sites for hydroxylation is 1. The van der Waals surface area contributed by atoms with Gasteiger partial charge < -0.3 is 15.2 Å². The van der Waals surface area contributed by atoms with E-state index in [-0.39, 0.29) is 23.5 Å². The van der Waals surface area contributed by atoms with Crippen molar-refractivity contribution in [2.75, 3.05) is 11.1 Å². The summed E-state index contributed by atoms with van der Waals surface area (Å²) in [6, 6.07) is 12.1. The van der Waals surface area contributed by atoms with Gasteiger partial charge in [0.2, 0.25) is 5.91 Å². The summed E-state index contributed by atoms with van der Waals surface area (Å²) in [5, 5.41) is 15.6. The van der Waals surface area contributed by atoms with Crippen LogP contribution < -0.4 is 10.6 Å². The van der Waals surface area contributed by atoms with E-state index in [0.717, 1.165) is 15.7 Å². The molecule has 2 N–H and O–H groups in total. The van der Waals surface area contributed by atoms with Gasteiger partial charge in [-0.25, -0.2) is 0 Å². The van der Waals surface area contributed by atoms with Crippen molar-refractivity contribution in [3.63, 3.8) is 0 Å². The average Bonchev–Trinajstić information content (AvgIpc) is 3.21. The smallest absolute Gasteiger partial charge is 0.253 e. The number of nitrogens with zero attached hydrogens (tertiary/aromatic N) is 3. The highest BCUT2D eigenvalue weighted by Gasteiger charge is 2.27. The first-order valence-electron chi connectivity index (χ1n) is 11.0. The zero-order valence-corrected chi connectivity index (χ0v) is 22.9. The molecule has 184 valence electrons. The zero-order chi connectivity index (χ0) is 25.5. The van der Waals surface area contributed by atoms with Crippen molar-refractivity contribution in [3.05, 3.63) is 81.6 Å². The van der Waals surface area contributed by atoms with Gasteiger partial charge in [0.1, 0.15) is 0 Å². The van der Waals surface area contributed by atoms with Crippen LogP contribution in [0.3, 0.4) is 0 Å². The van der Waals surface area contributed by atoms with Crippen LogP contribution in [0.5, 0.6) is 0 Å². The second-order valence-corrected chi connectivity index (χ2v) is 10.4. The van der Waals surface area contributed by atoms with Crippen LogP contribution >= 0.6 is 39.3 Å². The Morgan fingerprint density at radius 3 is 2.63 bits per heavy atom. The minimum atomic E-state index is -0.417. The van der Waals surface area contributed by atoms with Crippen LogP contribution in [-0.2, 0) is 11.3 Å². The van der Waals surface area contributed by atoms with Gasteiger partial charge in [-0.15, -0.1) is 16.8 Å². The Balaban J connectivity index is 1.76. The van der Waals surface area contributed by atoms with E-state index in [9.17, 15) is 9.59 Å². The zero-order valence-electron chi connectivity index (χ0n) is 19.7. The quantitative estimate of drug-likeness (QED) is 0.227. The minimum absolute atomic E-state index is 0.0241. The number of amides is 2. The molecule has 0 aliphatic carbocycles. The molecular formula is C25H27BrClN5O2S. The van der Waals surface area contributed by atoms with Gasteiger partial charge in [0.05, 0.1) is 22.4 Å². The molecule has 0 aliphatic rings. The van der Waals surface area contributed by atoms with E-state index in [1.807, 2.05) is 43.5 Å². The monoisotopic (exact) mass is 575 g/mol. The summed E-state index contributed by atoms with van der Waals surface area (Å²) < 4.78 is 2.85. The molecule has 2 amide bonds. The van der Waals surface area contributed by atoms with Gasteiger partial charge in [-0.3, -0.25) is 9.59 Å². The number of aromatic nitrogens is 3. The topological polar surface area (TPSA) is 88.9 Å². The second kappa shape index (κ2) is 12.4. The number of carbonyl (C=O) groups excluding carboxylic acids is 2. The maximum atomic E-state index is 12.9. The number of hydrogen-bond acceptors (Lipinski definition) is 5. The Morgan fingerprint density at radius 1 is 1.23 bits per heavy atom. The predicted molar refractivity (Wildman–Crippen MR) is 145 cm³/mol. The van der Waals surface area contributed by atoms with Crippen LogP contribution in [0.15, 0.2) is 64.7 Å². The lowest BCUT2D eigenvalue weighted by atomic mass is 10.0. The Morgan fingerprint density at radius 2 is 1.97 bits per heavy atom. The van der Waals surface area contributed by atoms with Crippen LogP contribution in [0.1, 0.15) is 41.6 Å². The SMILES string of the molecule is C=CCn1c(SCC(=O)Nc2ccc(Br)c(C)c2)nnc1[C@@H](NC(=O)c1ccccc1Cl)C(C)C. The highest BCUT2D eigenvalue weighted by Crippen LogP contribution is 2.27. The van der Waals surface area contributed by atoms with E-state index >= 15 is 0 Å². The first kappa shape index (κ1) is 27.0. The third kappa shape index (κ3) is 6.96. The van der Waals surface area contributed by atoms with E-state index in [4.69, 9.17) is 11.6 Å². The fourth-order valence-electron chi connectivity index (χ4n) is 3.38. The Labute approximate surface area is 222 Å². The molecule has 35 heavy (non-hydrogen) atoms. The highest BCUT2D eigenvalue weighted by atomic mass is 79.9. The Bertz CT molecular complexity index is 1230. The van der Waals surface area contributed by atoms with Crippen molar-refractivity contribution in [1.82, 2.24) is 20.1 Å². The van der Waals surface area contributed by atoms with E-state index in [0.29, 0.717) is 28.1 Å². The summed E-state index contributed by atoms with van der Waals surface area (Å²) in [5.74, 6) is 0.324. The molecule has 0 saturated heterocycles. The molecule has 1 atom stereocenters. The van der Waals surface area contributed by atoms with E-state index in [1.165, 1.54) is 11.8 Å². The number of benzene rings is 2. The molecule has 0 radical (unpaired) electrons. The summed E-state index contributed by atoms with van der Waals surface area (Å²) in [7, 11) is 0. The third-order valence-corrected chi connectivity index (χ3v) is 7.37. The Hall–Kier alpha value is -2.62. The van der Waals surface area contributed by atoms with Crippen LogP contribution in [0, 0.1) is 12.8 Å². The number of hydrogen-bond donors (Lipinski definition) is 2. The summed E-state index contributed by atoms with van der Waals surface area (Å²) in [4.78, 5) is 25.5. The number of carbonyl (C=O) groups is 2.